The molecule has 0 aromatic heterocycles. The lowest BCUT2D eigenvalue weighted by atomic mass is 9.97. The van der Waals surface area contributed by atoms with E-state index in [1.54, 1.807) is 0 Å². The number of hydrogen-bond acceptors (Lipinski definition) is 7. The van der Waals surface area contributed by atoms with Gasteiger partial charge in [-0.25, -0.2) is 9.59 Å². The molecule has 0 spiro atoms. The summed E-state index contributed by atoms with van der Waals surface area (Å²) in [5, 5.41) is 2.47. The maximum atomic E-state index is 12.4. The molecule has 0 aliphatic carbocycles. The number of methoxy groups -OCH3 is 2. The Labute approximate surface area is 174 Å². The Hall–Kier alpha value is -3.68. The van der Waals surface area contributed by atoms with Gasteiger partial charge in [0.25, 0.3) is 5.91 Å². The monoisotopic (exact) mass is 413 g/mol. The van der Waals surface area contributed by atoms with Crippen molar-refractivity contribution < 1.29 is 33.4 Å². The fourth-order valence-electron chi connectivity index (χ4n) is 2.83. The highest BCUT2D eigenvalue weighted by Crippen LogP contribution is 2.22. The molecule has 0 aliphatic heterocycles. The van der Waals surface area contributed by atoms with Gasteiger partial charge in [0.05, 0.1) is 37.0 Å². The zero-order valence-electron chi connectivity index (χ0n) is 17.0. The largest absolute Gasteiger partial charge is 0.465 e. The van der Waals surface area contributed by atoms with Gasteiger partial charge >= 0.3 is 17.9 Å². The molecule has 158 valence electrons. The van der Waals surface area contributed by atoms with Gasteiger partial charge in [-0.1, -0.05) is 37.3 Å². The van der Waals surface area contributed by atoms with Crippen molar-refractivity contribution >= 4 is 29.5 Å². The molecule has 0 heterocycles. The fraction of sp³-hybridized carbons (Fsp3) is 0.273. The first-order valence-electron chi connectivity index (χ1n) is 9.23. The van der Waals surface area contributed by atoms with Crippen LogP contribution in [0.3, 0.4) is 0 Å². The quantitative estimate of drug-likeness (QED) is 0.524. The van der Waals surface area contributed by atoms with E-state index < -0.39 is 36.3 Å². The minimum Gasteiger partial charge on any atom is -0.465 e. The summed E-state index contributed by atoms with van der Waals surface area (Å²) in [5.74, 6) is -3.03. The second-order valence-corrected chi connectivity index (χ2v) is 6.27. The number of amides is 1. The summed E-state index contributed by atoms with van der Waals surface area (Å²) in [4.78, 5) is 48.4. The van der Waals surface area contributed by atoms with Crippen LogP contribution in [0.4, 0.5) is 5.69 Å². The van der Waals surface area contributed by atoms with Crippen LogP contribution in [0, 0.1) is 0 Å². The zero-order valence-corrected chi connectivity index (χ0v) is 17.0. The summed E-state index contributed by atoms with van der Waals surface area (Å²) in [6.07, 6.45) is 0.512. The molecule has 0 unspecified atom stereocenters. The molecular weight excluding hydrogens is 390 g/mol. The van der Waals surface area contributed by atoms with Crippen LogP contribution in [0.5, 0.6) is 0 Å². The number of rotatable bonds is 8. The molecule has 2 aromatic carbocycles. The molecule has 0 saturated carbocycles. The molecule has 1 N–H and O–H groups in total. The summed E-state index contributed by atoms with van der Waals surface area (Å²) in [6, 6.07) is 13.1. The lowest BCUT2D eigenvalue weighted by Crippen LogP contribution is -2.25. The van der Waals surface area contributed by atoms with Gasteiger partial charge < -0.3 is 19.5 Å². The van der Waals surface area contributed by atoms with Crippen molar-refractivity contribution in [2.24, 2.45) is 0 Å². The maximum Gasteiger partial charge on any atom is 0.339 e. The Morgan fingerprint density at radius 2 is 1.60 bits per heavy atom. The SMILES string of the molecule is CC[C@@H](C(=O)OCC(=O)Nc1cc(C(=O)OC)ccc1C(=O)OC)c1ccccc1. The van der Waals surface area contributed by atoms with E-state index in [9.17, 15) is 19.2 Å². The Balaban J connectivity index is 2.10. The van der Waals surface area contributed by atoms with Crippen molar-refractivity contribution in [1.29, 1.82) is 0 Å². The molecule has 0 bridgehead atoms. The molecule has 2 aromatic rings. The van der Waals surface area contributed by atoms with E-state index in [-0.39, 0.29) is 16.8 Å². The van der Waals surface area contributed by atoms with Crippen LogP contribution in [0.15, 0.2) is 48.5 Å². The van der Waals surface area contributed by atoms with E-state index >= 15 is 0 Å². The Morgan fingerprint density at radius 1 is 0.933 bits per heavy atom. The third-order valence-electron chi connectivity index (χ3n) is 4.36. The topological polar surface area (TPSA) is 108 Å². The zero-order chi connectivity index (χ0) is 22.1. The van der Waals surface area contributed by atoms with E-state index in [0.29, 0.717) is 6.42 Å². The smallest absolute Gasteiger partial charge is 0.339 e. The Kier molecular flexibility index (Phi) is 8.10. The van der Waals surface area contributed by atoms with Crippen LogP contribution in [-0.4, -0.2) is 44.6 Å². The average molecular weight is 413 g/mol. The predicted octanol–water partition coefficient (Wildman–Crippen LogP) is 2.94. The van der Waals surface area contributed by atoms with Crippen LogP contribution >= 0.6 is 0 Å². The number of ether oxygens (including phenoxy) is 3. The number of carbonyl (C=O) groups is 4. The summed E-state index contributed by atoms with van der Waals surface area (Å²) >= 11 is 0. The molecule has 0 saturated heterocycles. The first kappa shape index (κ1) is 22.6. The lowest BCUT2D eigenvalue weighted by molar-refractivity contribution is -0.149. The summed E-state index contributed by atoms with van der Waals surface area (Å²) in [5.41, 5.74) is 1.01. The second-order valence-electron chi connectivity index (χ2n) is 6.27. The van der Waals surface area contributed by atoms with Gasteiger partial charge in [0, 0.05) is 0 Å². The summed E-state index contributed by atoms with van der Waals surface area (Å²) in [7, 11) is 2.41. The summed E-state index contributed by atoms with van der Waals surface area (Å²) in [6.45, 7) is 1.30. The number of esters is 3. The van der Waals surface area contributed by atoms with E-state index in [1.807, 2.05) is 37.3 Å². The predicted molar refractivity (Wildman–Crippen MR) is 108 cm³/mol. The van der Waals surface area contributed by atoms with Gasteiger partial charge in [-0.05, 0) is 30.2 Å². The van der Waals surface area contributed by atoms with Gasteiger partial charge in [-0.3, -0.25) is 9.59 Å². The minimum atomic E-state index is -0.700. The molecule has 8 nitrogen and oxygen atoms in total. The molecule has 8 heteroatoms. The van der Waals surface area contributed by atoms with Crippen molar-refractivity contribution in [3.8, 4) is 0 Å². The first-order chi connectivity index (χ1) is 14.4. The van der Waals surface area contributed by atoms with Gasteiger partial charge in [-0.2, -0.15) is 0 Å². The Bertz CT molecular complexity index is 924. The Morgan fingerprint density at radius 3 is 2.20 bits per heavy atom. The molecule has 0 radical (unpaired) electrons. The number of carbonyl (C=O) groups excluding carboxylic acids is 4. The first-order valence-corrected chi connectivity index (χ1v) is 9.23. The normalized spacial score (nSPS) is 11.2. The molecule has 1 atom stereocenters. The van der Waals surface area contributed by atoms with E-state index in [0.717, 1.165) is 5.56 Å². The van der Waals surface area contributed by atoms with Gasteiger partial charge in [0.1, 0.15) is 0 Å². The van der Waals surface area contributed by atoms with Crippen LogP contribution in [0.1, 0.15) is 45.5 Å². The minimum absolute atomic E-state index is 0.0422. The molecule has 1 amide bonds. The van der Waals surface area contributed by atoms with Crippen molar-refractivity contribution in [2.45, 2.75) is 19.3 Å². The molecular formula is C22H23NO7. The third kappa shape index (κ3) is 5.66. The number of hydrogen-bond donors (Lipinski definition) is 1. The summed E-state index contributed by atoms with van der Waals surface area (Å²) < 4.78 is 14.5. The van der Waals surface area contributed by atoms with Crippen LogP contribution in [0.25, 0.3) is 0 Å². The highest BCUT2D eigenvalue weighted by molar-refractivity contribution is 6.04. The van der Waals surface area contributed by atoms with Crippen molar-refractivity contribution in [3.05, 3.63) is 65.2 Å². The maximum absolute atomic E-state index is 12.4. The second kappa shape index (κ2) is 10.8. The average Bonchev–Trinajstić information content (AvgIpc) is 2.77. The van der Waals surface area contributed by atoms with Gasteiger partial charge in [0.15, 0.2) is 6.61 Å². The van der Waals surface area contributed by atoms with E-state index in [1.165, 1.54) is 32.4 Å². The van der Waals surface area contributed by atoms with Crippen LogP contribution in [-0.2, 0) is 23.8 Å². The number of anilines is 1. The standard InChI is InChI=1S/C22H23NO7/c1-4-16(14-8-6-5-7-9-14)22(27)30-13-19(24)23-18-12-15(20(25)28-2)10-11-17(18)21(26)29-3/h5-12,16H,4,13H2,1-3H3,(H,23,24)/t16-/m1/s1. The number of nitrogens with one attached hydrogen (secondary N) is 1. The van der Waals surface area contributed by atoms with Crippen molar-refractivity contribution in [3.63, 3.8) is 0 Å². The van der Waals surface area contributed by atoms with E-state index in [4.69, 9.17) is 4.74 Å². The molecule has 0 aliphatic rings. The van der Waals surface area contributed by atoms with Crippen molar-refractivity contribution in [2.75, 3.05) is 26.1 Å². The van der Waals surface area contributed by atoms with Gasteiger partial charge in [-0.15, -0.1) is 0 Å². The highest BCUT2D eigenvalue weighted by atomic mass is 16.5. The van der Waals surface area contributed by atoms with Crippen molar-refractivity contribution in [1.82, 2.24) is 0 Å². The third-order valence-corrected chi connectivity index (χ3v) is 4.36. The molecule has 2 rings (SSSR count). The van der Waals surface area contributed by atoms with Crippen LogP contribution < -0.4 is 5.32 Å². The lowest BCUT2D eigenvalue weighted by Gasteiger charge is -2.15. The molecule has 30 heavy (non-hydrogen) atoms. The van der Waals surface area contributed by atoms with E-state index in [2.05, 4.69) is 14.8 Å². The highest BCUT2D eigenvalue weighted by Gasteiger charge is 2.22. The van der Waals surface area contributed by atoms with Gasteiger partial charge in [0.2, 0.25) is 0 Å². The fourth-order valence-corrected chi connectivity index (χ4v) is 2.83. The number of benzene rings is 2. The van der Waals surface area contributed by atoms with Crippen LogP contribution in [0.2, 0.25) is 0 Å². The molecule has 0 fully saturated rings.